The van der Waals surface area contributed by atoms with Crippen molar-refractivity contribution in [1.82, 2.24) is 4.90 Å². The van der Waals surface area contributed by atoms with E-state index in [9.17, 15) is 14.9 Å². The zero-order valence-electron chi connectivity index (χ0n) is 16.6. The maximum Gasteiger partial charge on any atom is 0.270 e. The molecule has 1 heterocycles. The molecule has 0 spiro atoms. The van der Waals surface area contributed by atoms with Crippen LogP contribution in [0.15, 0.2) is 46.5 Å². The molecule has 0 saturated heterocycles. The number of hydrogen-bond donors (Lipinski definition) is 0. The minimum atomic E-state index is -0.407. The van der Waals surface area contributed by atoms with E-state index >= 15 is 0 Å². The van der Waals surface area contributed by atoms with E-state index in [2.05, 4.69) is 0 Å². The van der Waals surface area contributed by atoms with Gasteiger partial charge in [0.25, 0.3) is 5.69 Å². The second-order valence-corrected chi connectivity index (χ2v) is 7.58. The highest BCUT2D eigenvalue weighted by atomic mass is 16.6. The molecule has 7 heteroatoms. The average Bonchev–Trinajstić information content (AvgIpc) is 3.07. The monoisotopic (exact) mass is 394 g/mol. The average molecular weight is 394 g/mol. The number of hydrogen-bond acceptors (Lipinski definition) is 6. The van der Waals surface area contributed by atoms with Crippen LogP contribution in [0.4, 0.5) is 5.69 Å². The molecule has 7 nitrogen and oxygen atoms in total. The third-order valence-corrected chi connectivity index (χ3v) is 5.43. The van der Waals surface area contributed by atoms with Crippen LogP contribution in [-0.4, -0.2) is 36.8 Å². The summed E-state index contributed by atoms with van der Waals surface area (Å²) in [7, 11) is 5.37. The Hall–Kier alpha value is -3.35. The Morgan fingerprint density at radius 2 is 2.07 bits per heavy atom. The van der Waals surface area contributed by atoms with Crippen molar-refractivity contribution in [3.05, 3.63) is 57.8 Å². The Morgan fingerprint density at radius 1 is 1.28 bits per heavy atom. The molecular formula is C22H22N2O5. The lowest BCUT2D eigenvalue weighted by molar-refractivity contribution is -0.384. The van der Waals surface area contributed by atoms with Crippen LogP contribution in [0.3, 0.4) is 0 Å². The number of non-ortho nitro benzene ring substituents is 1. The summed E-state index contributed by atoms with van der Waals surface area (Å²) in [5.41, 5.74) is 3.00. The summed E-state index contributed by atoms with van der Waals surface area (Å²) in [6, 6.07) is 8.46. The van der Waals surface area contributed by atoms with Gasteiger partial charge in [-0.3, -0.25) is 14.9 Å². The second kappa shape index (κ2) is 7.24. The molecule has 0 amide bonds. The van der Waals surface area contributed by atoms with Crippen molar-refractivity contribution in [2.24, 2.45) is 0 Å². The van der Waals surface area contributed by atoms with Crippen LogP contribution in [0.1, 0.15) is 30.7 Å². The lowest BCUT2D eigenvalue weighted by atomic mass is 9.79. The molecule has 0 aliphatic heterocycles. The molecule has 150 valence electrons. The predicted molar refractivity (Wildman–Crippen MR) is 110 cm³/mol. The Morgan fingerprint density at radius 3 is 2.76 bits per heavy atom. The molecular weight excluding hydrogens is 372 g/mol. The summed E-state index contributed by atoms with van der Waals surface area (Å²) in [6.07, 6.45) is 3.72. The molecule has 4 rings (SSSR count). The van der Waals surface area contributed by atoms with Crippen LogP contribution in [0, 0.1) is 10.1 Å². The van der Waals surface area contributed by atoms with Gasteiger partial charge in [-0.05, 0) is 36.5 Å². The Bertz CT molecular complexity index is 1160. The van der Waals surface area contributed by atoms with Gasteiger partial charge in [0.05, 0.1) is 12.0 Å². The summed E-state index contributed by atoms with van der Waals surface area (Å²) in [5, 5.41) is 12.8. The molecule has 0 bridgehead atoms. The van der Waals surface area contributed by atoms with Crippen LogP contribution in [0.5, 0.6) is 5.75 Å². The van der Waals surface area contributed by atoms with Gasteiger partial charge in [0.15, 0.2) is 17.1 Å². The summed E-state index contributed by atoms with van der Waals surface area (Å²) < 4.78 is 11.5. The number of Topliss-reactive ketones (excluding diaryl/α,β-unsaturated/α-hetero) is 1. The van der Waals surface area contributed by atoms with E-state index in [1.807, 2.05) is 37.3 Å². The number of fused-ring (bicyclic) bond motifs is 3. The number of nitro groups is 1. The highest BCUT2D eigenvalue weighted by molar-refractivity contribution is 6.09. The zero-order valence-corrected chi connectivity index (χ0v) is 16.6. The van der Waals surface area contributed by atoms with Crippen LogP contribution in [0.2, 0.25) is 0 Å². The first-order valence-electron chi connectivity index (χ1n) is 9.47. The van der Waals surface area contributed by atoms with Crippen LogP contribution in [0.25, 0.3) is 21.9 Å². The first-order chi connectivity index (χ1) is 13.9. The summed E-state index contributed by atoms with van der Waals surface area (Å²) in [6.45, 7) is 0. The smallest absolute Gasteiger partial charge is 0.270 e. The van der Waals surface area contributed by atoms with E-state index in [4.69, 9.17) is 9.15 Å². The van der Waals surface area contributed by atoms with Gasteiger partial charge in [-0.25, -0.2) is 0 Å². The first kappa shape index (κ1) is 19.0. The molecule has 0 radical (unpaired) electrons. The largest absolute Gasteiger partial charge is 0.493 e. The number of carbonyl (C=O) groups is 1. The fourth-order valence-corrected chi connectivity index (χ4v) is 4.13. The number of ether oxygens (including phenoxy) is 1. The van der Waals surface area contributed by atoms with Gasteiger partial charge in [-0.1, -0.05) is 6.07 Å². The van der Waals surface area contributed by atoms with E-state index < -0.39 is 4.92 Å². The van der Waals surface area contributed by atoms with Gasteiger partial charge in [-0.15, -0.1) is 0 Å². The molecule has 1 aliphatic rings. The lowest BCUT2D eigenvalue weighted by Gasteiger charge is -2.25. The molecule has 1 fully saturated rings. The Balaban J connectivity index is 1.92. The van der Waals surface area contributed by atoms with Gasteiger partial charge >= 0.3 is 0 Å². The van der Waals surface area contributed by atoms with E-state index in [1.54, 1.807) is 19.2 Å². The standard InChI is InChI=1S/C22H22N2O5/c1-23(2)12-14-10-13(4-7-18(14)25)16-6-9-20(28-3)22-21(16)17-11-15(24(26)27)5-8-19(17)29-22/h5-6,8-9,11-13H,4,7,10H2,1-3H3. The molecule has 2 aromatic carbocycles. The van der Waals surface area contributed by atoms with Crippen molar-refractivity contribution in [1.29, 1.82) is 0 Å². The van der Waals surface area contributed by atoms with Gasteiger partial charge in [0.1, 0.15) is 5.58 Å². The number of ketones is 1. The van der Waals surface area contributed by atoms with Crippen molar-refractivity contribution >= 4 is 33.4 Å². The fourth-order valence-electron chi connectivity index (χ4n) is 4.13. The molecule has 29 heavy (non-hydrogen) atoms. The number of allylic oxidation sites excluding steroid dienone is 1. The number of nitrogens with zero attached hydrogens (tertiary/aromatic N) is 2. The number of benzene rings is 2. The molecule has 0 N–H and O–H groups in total. The van der Waals surface area contributed by atoms with Gasteiger partial charge < -0.3 is 14.1 Å². The minimum Gasteiger partial charge on any atom is -0.493 e. The van der Waals surface area contributed by atoms with Crippen molar-refractivity contribution in [3.63, 3.8) is 0 Å². The van der Waals surface area contributed by atoms with E-state index in [0.29, 0.717) is 35.1 Å². The highest BCUT2D eigenvalue weighted by Crippen LogP contribution is 2.44. The molecule has 3 aromatic rings. The summed E-state index contributed by atoms with van der Waals surface area (Å²) in [5.74, 6) is 0.873. The second-order valence-electron chi connectivity index (χ2n) is 7.58. The van der Waals surface area contributed by atoms with Crippen molar-refractivity contribution in [2.75, 3.05) is 21.2 Å². The number of nitro benzene ring substituents is 1. The fraction of sp³-hybridized carbons (Fsp3) is 0.318. The molecule has 1 aliphatic carbocycles. The predicted octanol–water partition coefficient (Wildman–Crippen LogP) is 4.78. The maximum atomic E-state index is 12.3. The van der Waals surface area contributed by atoms with Crippen molar-refractivity contribution in [2.45, 2.75) is 25.2 Å². The lowest BCUT2D eigenvalue weighted by Crippen LogP contribution is -2.18. The van der Waals surface area contributed by atoms with Gasteiger partial charge in [0.2, 0.25) is 0 Å². The number of rotatable bonds is 4. The Labute approximate surface area is 167 Å². The first-order valence-corrected chi connectivity index (χ1v) is 9.47. The normalized spacial score (nSPS) is 18.5. The van der Waals surface area contributed by atoms with Crippen LogP contribution in [-0.2, 0) is 4.79 Å². The highest BCUT2D eigenvalue weighted by Gasteiger charge is 2.28. The minimum absolute atomic E-state index is 0.0148. The number of furan rings is 1. The molecule has 1 aromatic heterocycles. The van der Waals surface area contributed by atoms with Crippen LogP contribution >= 0.6 is 0 Å². The van der Waals surface area contributed by atoms with E-state index in [1.165, 1.54) is 6.07 Å². The zero-order chi connectivity index (χ0) is 20.7. The van der Waals surface area contributed by atoms with E-state index in [0.717, 1.165) is 22.9 Å². The van der Waals surface area contributed by atoms with Gasteiger partial charge in [-0.2, -0.15) is 0 Å². The number of methoxy groups -OCH3 is 1. The van der Waals surface area contributed by atoms with Crippen molar-refractivity contribution in [3.8, 4) is 5.75 Å². The topological polar surface area (TPSA) is 85.8 Å². The van der Waals surface area contributed by atoms with E-state index in [-0.39, 0.29) is 17.4 Å². The molecule has 1 saturated carbocycles. The Kier molecular flexibility index (Phi) is 4.74. The maximum absolute atomic E-state index is 12.3. The third-order valence-electron chi connectivity index (χ3n) is 5.43. The summed E-state index contributed by atoms with van der Waals surface area (Å²) in [4.78, 5) is 25.1. The summed E-state index contributed by atoms with van der Waals surface area (Å²) >= 11 is 0. The van der Waals surface area contributed by atoms with Crippen LogP contribution < -0.4 is 4.74 Å². The number of carbonyl (C=O) groups excluding carboxylic acids is 1. The third kappa shape index (κ3) is 3.33. The molecule has 1 atom stereocenters. The SMILES string of the molecule is COc1ccc(C2CCC(=O)C(=CN(C)C)C2)c2c1oc1ccc([N+](=O)[O-])cc12. The van der Waals surface area contributed by atoms with Gasteiger partial charge in [0, 0.05) is 55.2 Å². The molecule has 1 unspecified atom stereocenters. The quantitative estimate of drug-likeness (QED) is 0.359. The van der Waals surface area contributed by atoms with Crippen molar-refractivity contribution < 1.29 is 18.9 Å².